The molecule has 2 aromatic rings. The number of nitrogens with two attached hydrogens (primary N) is 2. The van der Waals surface area contributed by atoms with E-state index in [-0.39, 0.29) is 17.3 Å². The fourth-order valence-corrected chi connectivity index (χ4v) is 1.10. The van der Waals surface area contributed by atoms with Gasteiger partial charge in [-0.1, -0.05) is 0 Å². The average molecular weight is 247 g/mol. The summed E-state index contributed by atoms with van der Waals surface area (Å²) in [5, 5.41) is 10.4. The van der Waals surface area contributed by atoms with E-state index < -0.39 is 5.91 Å². The summed E-state index contributed by atoms with van der Waals surface area (Å²) in [5.74, 6) is -0.541. The lowest BCUT2D eigenvalue weighted by Crippen LogP contribution is -2.24. The molecule has 0 aliphatic rings. The van der Waals surface area contributed by atoms with Crippen molar-refractivity contribution in [2.75, 3.05) is 5.73 Å². The lowest BCUT2D eigenvalue weighted by Gasteiger charge is -2.00. The topological polar surface area (TPSA) is 145 Å². The molecule has 18 heavy (non-hydrogen) atoms. The summed E-state index contributed by atoms with van der Waals surface area (Å²) < 4.78 is 4.35. The maximum absolute atomic E-state index is 11.6. The maximum Gasteiger partial charge on any atom is 0.271 e. The molecule has 5 N–H and O–H groups in total. The van der Waals surface area contributed by atoms with Gasteiger partial charge in [0, 0.05) is 18.0 Å². The fraction of sp³-hybridized carbons (Fsp3) is 0. The summed E-state index contributed by atoms with van der Waals surface area (Å²) in [6.07, 6.45) is 2.98. The van der Waals surface area contributed by atoms with Crippen LogP contribution >= 0.6 is 0 Å². The first kappa shape index (κ1) is 11.5. The molecule has 0 radical (unpaired) electrons. The second-order valence-corrected chi connectivity index (χ2v) is 3.17. The number of nitrogens with one attached hydrogen (secondary N) is 1. The molecule has 0 spiro atoms. The zero-order valence-electron chi connectivity index (χ0n) is 9.07. The smallest absolute Gasteiger partial charge is 0.271 e. The Morgan fingerprint density at radius 2 is 2.06 bits per heavy atom. The number of nitrogens with zero attached hydrogens (tertiary/aromatic N) is 4. The van der Waals surface area contributed by atoms with Crippen LogP contribution in [0.15, 0.2) is 34.3 Å². The van der Waals surface area contributed by atoms with Crippen LogP contribution in [0.25, 0.3) is 0 Å². The number of aromatic nitrogens is 3. The highest BCUT2D eigenvalue weighted by Gasteiger charge is 2.11. The summed E-state index contributed by atoms with van der Waals surface area (Å²) in [5.41, 5.74) is 13.7. The number of hydrogen-bond donors (Lipinski definition) is 3. The monoisotopic (exact) mass is 247 g/mol. The average Bonchev–Trinajstić information content (AvgIpc) is 2.83. The molecule has 0 aromatic carbocycles. The summed E-state index contributed by atoms with van der Waals surface area (Å²) in [6.45, 7) is 0. The molecule has 0 saturated carbocycles. The molecular weight excluding hydrogens is 238 g/mol. The molecule has 2 aromatic heterocycles. The number of amides is 1. The van der Waals surface area contributed by atoms with Gasteiger partial charge in [-0.2, -0.15) is 5.10 Å². The molecule has 2 heterocycles. The van der Waals surface area contributed by atoms with Crippen molar-refractivity contribution >= 4 is 17.6 Å². The first-order valence-electron chi connectivity index (χ1n) is 4.80. The zero-order valence-corrected chi connectivity index (χ0v) is 9.07. The van der Waals surface area contributed by atoms with Gasteiger partial charge < -0.3 is 11.5 Å². The summed E-state index contributed by atoms with van der Waals surface area (Å²) in [4.78, 5) is 15.4. The van der Waals surface area contributed by atoms with Crippen molar-refractivity contribution in [1.82, 2.24) is 20.7 Å². The molecule has 9 nitrogen and oxygen atoms in total. The quantitative estimate of drug-likeness (QED) is 0.361. The van der Waals surface area contributed by atoms with E-state index in [0.29, 0.717) is 5.56 Å². The van der Waals surface area contributed by atoms with Crippen LogP contribution in [0.3, 0.4) is 0 Å². The van der Waals surface area contributed by atoms with Gasteiger partial charge in [-0.05, 0) is 22.4 Å². The Morgan fingerprint density at radius 1 is 1.33 bits per heavy atom. The Morgan fingerprint density at radius 3 is 2.67 bits per heavy atom. The second kappa shape index (κ2) is 4.91. The molecule has 0 bridgehead atoms. The maximum atomic E-state index is 11.6. The lowest BCUT2D eigenvalue weighted by molar-refractivity contribution is 0.0954. The zero-order chi connectivity index (χ0) is 13.0. The molecular formula is C9H9N7O2. The number of nitrogen functional groups attached to an aromatic ring is 1. The third-order valence-electron chi connectivity index (χ3n) is 1.98. The third-order valence-corrected chi connectivity index (χ3v) is 1.98. The van der Waals surface area contributed by atoms with Gasteiger partial charge in [-0.3, -0.25) is 9.78 Å². The molecule has 2 rings (SSSR count). The molecule has 92 valence electrons. The van der Waals surface area contributed by atoms with Gasteiger partial charge in [-0.15, -0.1) is 0 Å². The van der Waals surface area contributed by atoms with Gasteiger partial charge in [-0.25, -0.2) is 10.1 Å². The van der Waals surface area contributed by atoms with Crippen LogP contribution in [0.2, 0.25) is 0 Å². The predicted octanol–water partition coefficient (Wildman–Crippen LogP) is -0.903. The highest BCUT2D eigenvalue weighted by atomic mass is 16.6. The molecule has 0 fully saturated rings. The van der Waals surface area contributed by atoms with E-state index in [9.17, 15) is 4.79 Å². The number of rotatable bonds is 3. The van der Waals surface area contributed by atoms with Gasteiger partial charge in [0.15, 0.2) is 17.3 Å². The molecule has 0 unspecified atom stereocenters. The molecule has 0 aliphatic carbocycles. The minimum atomic E-state index is -0.435. The Balaban J connectivity index is 2.08. The van der Waals surface area contributed by atoms with Crippen molar-refractivity contribution in [2.24, 2.45) is 10.8 Å². The van der Waals surface area contributed by atoms with Crippen LogP contribution in [0.1, 0.15) is 16.1 Å². The highest BCUT2D eigenvalue weighted by Crippen LogP contribution is 2.02. The number of anilines is 1. The normalized spacial score (nSPS) is 11.2. The largest absolute Gasteiger partial charge is 0.380 e. The molecule has 1 amide bonds. The van der Waals surface area contributed by atoms with Crippen molar-refractivity contribution in [2.45, 2.75) is 0 Å². The van der Waals surface area contributed by atoms with Crippen molar-refractivity contribution in [3.05, 3.63) is 35.8 Å². The number of amidine groups is 1. The lowest BCUT2D eigenvalue weighted by atomic mass is 10.3. The van der Waals surface area contributed by atoms with Crippen molar-refractivity contribution in [3.8, 4) is 0 Å². The SMILES string of the molecule is N/C(=N/NC(=O)c1ccncc1)c1nonc1N. The van der Waals surface area contributed by atoms with Gasteiger partial charge in [0.05, 0.1) is 0 Å². The molecule has 0 saturated heterocycles. The van der Waals surface area contributed by atoms with Crippen molar-refractivity contribution in [1.29, 1.82) is 0 Å². The summed E-state index contributed by atoms with van der Waals surface area (Å²) in [6, 6.07) is 3.07. The van der Waals surface area contributed by atoms with Crippen LogP contribution in [0, 0.1) is 0 Å². The first-order valence-corrected chi connectivity index (χ1v) is 4.80. The fourth-order valence-electron chi connectivity index (χ4n) is 1.10. The molecule has 0 aliphatic heterocycles. The van der Waals surface area contributed by atoms with Crippen molar-refractivity contribution in [3.63, 3.8) is 0 Å². The molecule has 0 atom stereocenters. The van der Waals surface area contributed by atoms with Crippen LogP contribution in [0.4, 0.5) is 5.82 Å². The van der Waals surface area contributed by atoms with Crippen LogP contribution in [-0.4, -0.2) is 27.0 Å². The van der Waals surface area contributed by atoms with E-state index in [4.69, 9.17) is 11.5 Å². The standard InChI is InChI=1S/C9H9N7O2/c10-7(6-8(11)16-18-15-6)13-14-9(17)5-1-3-12-4-2-5/h1-4H,(H2,10,13)(H2,11,16)(H,14,17). The Bertz CT molecular complexity index is 578. The van der Waals surface area contributed by atoms with E-state index in [1.165, 1.54) is 24.5 Å². The summed E-state index contributed by atoms with van der Waals surface area (Å²) >= 11 is 0. The van der Waals surface area contributed by atoms with E-state index >= 15 is 0 Å². The Labute approximate surface area is 101 Å². The van der Waals surface area contributed by atoms with Crippen LogP contribution < -0.4 is 16.9 Å². The van der Waals surface area contributed by atoms with Gasteiger partial charge in [0.1, 0.15) is 0 Å². The van der Waals surface area contributed by atoms with Crippen LogP contribution in [-0.2, 0) is 0 Å². The number of carbonyl (C=O) groups is 1. The number of hydrogen-bond acceptors (Lipinski definition) is 7. The number of carbonyl (C=O) groups excluding carboxylic acids is 1. The second-order valence-electron chi connectivity index (χ2n) is 3.17. The Kier molecular flexibility index (Phi) is 3.14. The van der Waals surface area contributed by atoms with Gasteiger partial charge in [0.25, 0.3) is 5.91 Å². The number of hydrazone groups is 1. The minimum absolute atomic E-state index is 0.00518. The molecule has 9 heteroatoms. The van der Waals surface area contributed by atoms with Gasteiger partial charge in [0.2, 0.25) is 0 Å². The van der Waals surface area contributed by atoms with E-state index in [0.717, 1.165) is 0 Å². The van der Waals surface area contributed by atoms with Crippen molar-refractivity contribution < 1.29 is 9.42 Å². The predicted molar refractivity (Wildman–Crippen MR) is 61.1 cm³/mol. The van der Waals surface area contributed by atoms with E-state index in [1.54, 1.807) is 0 Å². The Hall–Kier alpha value is -2.97. The minimum Gasteiger partial charge on any atom is -0.380 e. The van der Waals surface area contributed by atoms with Crippen LogP contribution in [0.5, 0.6) is 0 Å². The summed E-state index contributed by atoms with van der Waals surface area (Å²) in [7, 11) is 0. The number of pyridine rings is 1. The highest BCUT2D eigenvalue weighted by molar-refractivity contribution is 6.01. The van der Waals surface area contributed by atoms with E-state index in [1.807, 2.05) is 0 Å². The third kappa shape index (κ3) is 2.40. The van der Waals surface area contributed by atoms with Gasteiger partial charge >= 0.3 is 0 Å². The first-order chi connectivity index (χ1) is 8.68. The van der Waals surface area contributed by atoms with E-state index in [2.05, 4.69) is 30.5 Å².